The van der Waals surface area contributed by atoms with Crippen LogP contribution in [0, 0.1) is 11.3 Å². The number of benzene rings is 2. The van der Waals surface area contributed by atoms with E-state index in [1.54, 1.807) is 12.1 Å². The van der Waals surface area contributed by atoms with Gasteiger partial charge in [-0.2, -0.15) is 5.26 Å². The monoisotopic (exact) mass is 405 g/mol. The summed E-state index contributed by atoms with van der Waals surface area (Å²) in [7, 11) is 0. The number of para-hydroxylation sites is 1. The van der Waals surface area contributed by atoms with Gasteiger partial charge in [-0.05, 0) is 29.8 Å². The van der Waals surface area contributed by atoms with E-state index in [1.807, 2.05) is 58.1 Å². The molecular weight excluding hydrogens is 386 g/mol. The van der Waals surface area contributed by atoms with Crippen LogP contribution in [0.2, 0.25) is 5.02 Å². The minimum atomic E-state index is 0.0694. The van der Waals surface area contributed by atoms with Gasteiger partial charge in [-0.25, -0.2) is 0 Å². The summed E-state index contributed by atoms with van der Waals surface area (Å²) in [6.07, 6.45) is 3.79. The lowest BCUT2D eigenvalue weighted by Crippen LogP contribution is -2.42. The molecular formula is C23H20ClN3O2. The molecule has 6 heteroatoms. The summed E-state index contributed by atoms with van der Waals surface area (Å²) >= 11 is 6.09. The Morgan fingerprint density at radius 2 is 1.97 bits per heavy atom. The van der Waals surface area contributed by atoms with Crippen LogP contribution >= 0.6 is 11.6 Å². The highest BCUT2D eigenvalue weighted by Crippen LogP contribution is 2.27. The van der Waals surface area contributed by atoms with Crippen molar-refractivity contribution >= 4 is 40.1 Å². The van der Waals surface area contributed by atoms with Crippen LogP contribution in [0.4, 0.5) is 0 Å². The van der Waals surface area contributed by atoms with Gasteiger partial charge in [-0.1, -0.05) is 41.9 Å². The van der Waals surface area contributed by atoms with Crippen LogP contribution in [-0.2, 0) is 16.1 Å². The SMILES string of the molecule is N#C/C(=C\c1cn(CC(=O)N2CCOCC2)c2ccccc12)c1cccc(Cl)c1. The Balaban J connectivity index is 1.70. The van der Waals surface area contributed by atoms with Crippen LogP contribution in [0.25, 0.3) is 22.6 Å². The van der Waals surface area contributed by atoms with Gasteiger partial charge >= 0.3 is 0 Å². The van der Waals surface area contributed by atoms with Gasteiger partial charge in [-0.15, -0.1) is 0 Å². The summed E-state index contributed by atoms with van der Waals surface area (Å²) in [5, 5.41) is 11.3. The second-order valence-electron chi connectivity index (χ2n) is 6.90. The van der Waals surface area contributed by atoms with Crippen molar-refractivity contribution in [2.45, 2.75) is 6.54 Å². The molecule has 2 aromatic carbocycles. The molecule has 5 nitrogen and oxygen atoms in total. The fraction of sp³-hybridized carbons (Fsp3) is 0.217. The maximum atomic E-state index is 12.7. The molecule has 4 rings (SSSR count). The number of rotatable bonds is 4. The molecule has 0 atom stereocenters. The third kappa shape index (κ3) is 4.19. The minimum Gasteiger partial charge on any atom is -0.378 e. The highest BCUT2D eigenvalue weighted by molar-refractivity contribution is 6.30. The van der Waals surface area contributed by atoms with Gasteiger partial charge in [0, 0.05) is 40.8 Å². The van der Waals surface area contributed by atoms with Crippen LogP contribution in [0.15, 0.2) is 54.7 Å². The van der Waals surface area contributed by atoms with Crippen molar-refractivity contribution in [2.24, 2.45) is 0 Å². The van der Waals surface area contributed by atoms with Crippen LogP contribution < -0.4 is 0 Å². The average Bonchev–Trinajstić information content (AvgIpc) is 3.10. The van der Waals surface area contributed by atoms with E-state index in [1.165, 1.54) is 0 Å². The number of nitriles is 1. The number of hydrogen-bond acceptors (Lipinski definition) is 3. The molecule has 146 valence electrons. The molecule has 0 saturated carbocycles. The Bertz CT molecular complexity index is 1120. The van der Waals surface area contributed by atoms with E-state index in [2.05, 4.69) is 6.07 Å². The molecule has 0 spiro atoms. The van der Waals surface area contributed by atoms with E-state index in [0.29, 0.717) is 36.9 Å². The number of fused-ring (bicyclic) bond motifs is 1. The highest BCUT2D eigenvalue weighted by Gasteiger charge is 2.18. The van der Waals surface area contributed by atoms with Crippen LogP contribution in [0.3, 0.4) is 0 Å². The van der Waals surface area contributed by atoms with Crippen LogP contribution in [0.5, 0.6) is 0 Å². The highest BCUT2D eigenvalue weighted by atomic mass is 35.5. The molecule has 0 unspecified atom stereocenters. The van der Waals surface area contributed by atoms with E-state index >= 15 is 0 Å². The molecule has 3 aromatic rings. The first-order chi connectivity index (χ1) is 14.2. The third-order valence-electron chi connectivity index (χ3n) is 5.04. The summed E-state index contributed by atoms with van der Waals surface area (Å²) in [6.45, 7) is 2.67. The average molecular weight is 406 g/mol. The zero-order valence-corrected chi connectivity index (χ0v) is 16.6. The first-order valence-electron chi connectivity index (χ1n) is 9.47. The lowest BCUT2D eigenvalue weighted by atomic mass is 10.0. The number of nitrogens with zero attached hydrogens (tertiary/aromatic N) is 3. The quantitative estimate of drug-likeness (QED) is 0.611. The van der Waals surface area contributed by atoms with Gasteiger partial charge < -0.3 is 14.2 Å². The smallest absolute Gasteiger partial charge is 0.242 e. The van der Waals surface area contributed by atoms with Crippen molar-refractivity contribution in [3.63, 3.8) is 0 Å². The van der Waals surface area contributed by atoms with Gasteiger partial charge in [0.2, 0.25) is 5.91 Å². The van der Waals surface area contributed by atoms with E-state index in [9.17, 15) is 10.1 Å². The fourth-order valence-electron chi connectivity index (χ4n) is 3.57. The molecule has 1 aromatic heterocycles. The summed E-state index contributed by atoms with van der Waals surface area (Å²) in [5.74, 6) is 0.0694. The maximum absolute atomic E-state index is 12.7. The lowest BCUT2D eigenvalue weighted by Gasteiger charge is -2.27. The fourth-order valence-corrected chi connectivity index (χ4v) is 3.76. The number of carbonyl (C=O) groups is 1. The summed E-state index contributed by atoms with van der Waals surface area (Å²) in [5.41, 5.74) is 3.15. The second kappa shape index (κ2) is 8.52. The lowest BCUT2D eigenvalue weighted by molar-refractivity contribution is -0.135. The molecule has 0 radical (unpaired) electrons. The molecule has 0 N–H and O–H groups in total. The largest absolute Gasteiger partial charge is 0.378 e. The van der Waals surface area contributed by atoms with Crippen LogP contribution in [-0.4, -0.2) is 41.7 Å². The normalized spacial score (nSPS) is 14.8. The summed E-state index contributed by atoms with van der Waals surface area (Å²) < 4.78 is 7.28. The van der Waals surface area contributed by atoms with E-state index < -0.39 is 0 Å². The number of halogens is 1. The zero-order valence-electron chi connectivity index (χ0n) is 15.8. The van der Waals surface area contributed by atoms with Crippen molar-refractivity contribution in [3.8, 4) is 6.07 Å². The van der Waals surface area contributed by atoms with Crippen molar-refractivity contribution in [1.82, 2.24) is 9.47 Å². The number of aromatic nitrogens is 1. The van der Waals surface area contributed by atoms with E-state index in [-0.39, 0.29) is 12.5 Å². The number of carbonyl (C=O) groups excluding carboxylic acids is 1. The second-order valence-corrected chi connectivity index (χ2v) is 7.34. The Kier molecular flexibility index (Phi) is 5.66. The number of amides is 1. The minimum absolute atomic E-state index is 0.0694. The van der Waals surface area contributed by atoms with Gasteiger partial charge in [0.05, 0.1) is 24.9 Å². The molecule has 1 amide bonds. The molecule has 1 saturated heterocycles. The molecule has 0 aliphatic carbocycles. The summed E-state index contributed by atoms with van der Waals surface area (Å²) in [4.78, 5) is 14.6. The zero-order chi connectivity index (χ0) is 20.2. The summed E-state index contributed by atoms with van der Waals surface area (Å²) in [6, 6.07) is 17.4. The topological polar surface area (TPSA) is 58.3 Å². The first-order valence-corrected chi connectivity index (χ1v) is 9.84. The molecule has 0 bridgehead atoms. The Morgan fingerprint density at radius 1 is 1.17 bits per heavy atom. The standard InChI is InChI=1S/C23H20ClN3O2/c24-20-5-3-4-17(13-20)18(14-25)12-19-15-27(22-7-2-1-6-21(19)22)16-23(28)26-8-10-29-11-9-26/h1-7,12-13,15H,8-11,16H2/b18-12+. The number of allylic oxidation sites excluding steroid dienone is 1. The number of morpholine rings is 1. The molecule has 1 aliphatic heterocycles. The molecule has 29 heavy (non-hydrogen) atoms. The number of hydrogen-bond donors (Lipinski definition) is 0. The predicted molar refractivity (Wildman–Crippen MR) is 114 cm³/mol. The molecule has 1 fully saturated rings. The van der Waals surface area contributed by atoms with Crippen molar-refractivity contribution < 1.29 is 9.53 Å². The number of ether oxygens (including phenoxy) is 1. The van der Waals surface area contributed by atoms with Crippen molar-refractivity contribution in [2.75, 3.05) is 26.3 Å². The Morgan fingerprint density at radius 3 is 2.72 bits per heavy atom. The van der Waals surface area contributed by atoms with Crippen molar-refractivity contribution in [1.29, 1.82) is 5.26 Å². The maximum Gasteiger partial charge on any atom is 0.242 e. The van der Waals surface area contributed by atoms with Gasteiger partial charge in [0.25, 0.3) is 0 Å². The Hall–Kier alpha value is -3.07. The van der Waals surface area contributed by atoms with E-state index in [4.69, 9.17) is 16.3 Å². The first kappa shape index (κ1) is 19.3. The van der Waals surface area contributed by atoms with Crippen LogP contribution in [0.1, 0.15) is 11.1 Å². The third-order valence-corrected chi connectivity index (χ3v) is 5.28. The predicted octanol–water partition coefficient (Wildman–Crippen LogP) is 4.22. The Labute approximate surface area is 174 Å². The van der Waals surface area contributed by atoms with Gasteiger partial charge in [0.1, 0.15) is 6.54 Å². The van der Waals surface area contributed by atoms with E-state index in [0.717, 1.165) is 22.0 Å². The molecule has 2 heterocycles. The van der Waals surface area contributed by atoms with Gasteiger partial charge in [-0.3, -0.25) is 4.79 Å². The van der Waals surface area contributed by atoms with Gasteiger partial charge in [0.15, 0.2) is 0 Å². The van der Waals surface area contributed by atoms with Crippen molar-refractivity contribution in [3.05, 3.63) is 70.9 Å². The molecule has 1 aliphatic rings.